The highest BCUT2D eigenvalue weighted by molar-refractivity contribution is 6.32. The zero-order valence-corrected chi connectivity index (χ0v) is 13.2. The van der Waals surface area contributed by atoms with Crippen molar-refractivity contribution in [3.05, 3.63) is 40.8 Å². The van der Waals surface area contributed by atoms with E-state index >= 15 is 0 Å². The minimum Gasteiger partial charge on any atom is -0.378 e. The molecule has 0 bridgehead atoms. The van der Waals surface area contributed by atoms with Crippen LogP contribution in [0.4, 0.5) is 5.69 Å². The summed E-state index contributed by atoms with van der Waals surface area (Å²) in [5.74, 6) is 0.776. The summed E-state index contributed by atoms with van der Waals surface area (Å²) in [6.07, 6.45) is 0. The van der Waals surface area contributed by atoms with Crippen molar-refractivity contribution in [2.75, 3.05) is 19.0 Å². The summed E-state index contributed by atoms with van der Waals surface area (Å²) in [7, 11) is 4.02. The number of halogens is 1. The standard InChI is InChI=1S/C15H16ClN5/c1-9-10(2)21-14(18-19-15(21)13(16)17-9)11-6-5-7-12(8-11)20(3)4/h5-8H,1-4H3. The van der Waals surface area contributed by atoms with Crippen LogP contribution < -0.4 is 4.90 Å². The monoisotopic (exact) mass is 301 g/mol. The van der Waals surface area contributed by atoms with Crippen LogP contribution in [-0.4, -0.2) is 33.7 Å². The summed E-state index contributed by atoms with van der Waals surface area (Å²) in [4.78, 5) is 6.34. The number of aromatic nitrogens is 4. The third-order valence-corrected chi connectivity index (χ3v) is 3.85. The van der Waals surface area contributed by atoms with Gasteiger partial charge in [0.25, 0.3) is 0 Å². The molecular weight excluding hydrogens is 286 g/mol. The highest BCUT2D eigenvalue weighted by Gasteiger charge is 2.15. The van der Waals surface area contributed by atoms with Crippen LogP contribution >= 0.6 is 11.6 Å². The summed E-state index contributed by atoms with van der Waals surface area (Å²) < 4.78 is 1.96. The Morgan fingerprint density at radius 3 is 2.62 bits per heavy atom. The highest BCUT2D eigenvalue weighted by atomic mass is 35.5. The van der Waals surface area contributed by atoms with E-state index < -0.39 is 0 Å². The maximum absolute atomic E-state index is 6.17. The van der Waals surface area contributed by atoms with Gasteiger partial charge in [-0.3, -0.25) is 4.40 Å². The third kappa shape index (κ3) is 2.23. The van der Waals surface area contributed by atoms with E-state index in [1.807, 2.05) is 44.5 Å². The van der Waals surface area contributed by atoms with Gasteiger partial charge in [-0.05, 0) is 26.0 Å². The molecule has 0 aliphatic carbocycles. The molecule has 0 radical (unpaired) electrons. The Labute approximate surface area is 128 Å². The SMILES string of the molecule is Cc1nc(Cl)c2nnc(-c3cccc(N(C)C)c3)n2c1C. The second kappa shape index (κ2) is 5.00. The molecule has 0 atom stereocenters. The van der Waals surface area contributed by atoms with Crippen LogP contribution in [-0.2, 0) is 0 Å². The maximum Gasteiger partial charge on any atom is 0.199 e. The average molecular weight is 302 g/mol. The van der Waals surface area contributed by atoms with Crippen molar-refractivity contribution in [3.63, 3.8) is 0 Å². The first kappa shape index (κ1) is 13.8. The van der Waals surface area contributed by atoms with Gasteiger partial charge in [-0.2, -0.15) is 0 Å². The van der Waals surface area contributed by atoms with Gasteiger partial charge in [-0.25, -0.2) is 4.98 Å². The zero-order chi connectivity index (χ0) is 15.1. The van der Waals surface area contributed by atoms with Crippen LogP contribution in [0.2, 0.25) is 5.15 Å². The quantitative estimate of drug-likeness (QED) is 0.729. The van der Waals surface area contributed by atoms with Gasteiger partial charge in [0.2, 0.25) is 0 Å². The Bertz CT molecular complexity index is 822. The van der Waals surface area contributed by atoms with Crippen molar-refractivity contribution in [2.24, 2.45) is 0 Å². The molecule has 0 N–H and O–H groups in total. The smallest absolute Gasteiger partial charge is 0.199 e. The van der Waals surface area contributed by atoms with Gasteiger partial charge in [0.1, 0.15) is 0 Å². The highest BCUT2D eigenvalue weighted by Crippen LogP contribution is 2.26. The first-order chi connectivity index (χ1) is 9.99. The number of benzene rings is 1. The van der Waals surface area contributed by atoms with Crippen LogP contribution in [0.1, 0.15) is 11.4 Å². The van der Waals surface area contributed by atoms with Crippen molar-refractivity contribution in [1.29, 1.82) is 0 Å². The predicted octanol–water partition coefficient (Wildman–Crippen LogP) is 3.13. The molecule has 3 rings (SSSR count). The summed E-state index contributed by atoms with van der Waals surface area (Å²) in [5, 5.41) is 8.85. The van der Waals surface area contributed by atoms with E-state index in [0.29, 0.717) is 10.8 Å². The lowest BCUT2D eigenvalue weighted by Crippen LogP contribution is -2.08. The Balaban J connectivity index is 2.29. The molecule has 108 valence electrons. The summed E-state index contributed by atoms with van der Waals surface area (Å²) >= 11 is 6.17. The summed E-state index contributed by atoms with van der Waals surface area (Å²) in [5.41, 5.74) is 4.56. The molecule has 6 heteroatoms. The van der Waals surface area contributed by atoms with E-state index in [4.69, 9.17) is 11.6 Å². The van der Waals surface area contributed by atoms with Crippen LogP contribution in [0.3, 0.4) is 0 Å². The maximum atomic E-state index is 6.17. The Morgan fingerprint density at radius 1 is 1.14 bits per heavy atom. The first-order valence-electron chi connectivity index (χ1n) is 6.64. The van der Waals surface area contributed by atoms with Crippen molar-refractivity contribution >= 4 is 22.9 Å². The predicted molar refractivity (Wildman–Crippen MR) is 85.0 cm³/mol. The summed E-state index contributed by atoms with van der Waals surface area (Å²) in [6, 6.07) is 8.17. The van der Waals surface area contributed by atoms with Gasteiger partial charge in [0.15, 0.2) is 16.6 Å². The number of hydrogen-bond acceptors (Lipinski definition) is 4. The van der Waals surface area contributed by atoms with Crippen LogP contribution in [0.15, 0.2) is 24.3 Å². The Hall–Kier alpha value is -2.14. The van der Waals surface area contributed by atoms with Crippen LogP contribution in [0.5, 0.6) is 0 Å². The molecule has 0 amide bonds. The van der Waals surface area contributed by atoms with Gasteiger partial charge < -0.3 is 4.90 Å². The summed E-state index contributed by atoms with van der Waals surface area (Å²) in [6.45, 7) is 3.93. The fraction of sp³-hybridized carbons (Fsp3) is 0.267. The van der Waals surface area contributed by atoms with E-state index in [2.05, 4.69) is 32.2 Å². The Kier molecular flexibility index (Phi) is 3.29. The topological polar surface area (TPSA) is 46.3 Å². The van der Waals surface area contributed by atoms with Crippen molar-refractivity contribution in [2.45, 2.75) is 13.8 Å². The first-order valence-corrected chi connectivity index (χ1v) is 7.02. The van der Waals surface area contributed by atoms with E-state index in [1.165, 1.54) is 0 Å². The number of fused-ring (bicyclic) bond motifs is 1. The molecule has 0 unspecified atom stereocenters. The number of rotatable bonds is 2. The lowest BCUT2D eigenvalue weighted by Gasteiger charge is -2.13. The van der Waals surface area contributed by atoms with E-state index in [-0.39, 0.29) is 0 Å². The molecule has 2 heterocycles. The molecule has 5 nitrogen and oxygen atoms in total. The van der Waals surface area contributed by atoms with E-state index in [0.717, 1.165) is 28.5 Å². The molecule has 0 aliphatic heterocycles. The molecule has 0 saturated carbocycles. The average Bonchev–Trinajstić information content (AvgIpc) is 2.90. The molecule has 3 aromatic rings. The number of nitrogens with zero attached hydrogens (tertiary/aromatic N) is 5. The third-order valence-electron chi connectivity index (χ3n) is 3.59. The molecule has 0 fully saturated rings. The molecule has 0 aliphatic rings. The van der Waals surface area contributed by atoms with Crippen molar-refractivity contribution in [1.82, 2.24) is 19.6 Å². The fourth-order valence-corrected chi connectivity index (χ4v) is 2.53. The number of aryl methyl sites for hydroxylation is 2. The van der Waals surface area contributed by atoms with E-state index in [1.54, 1.807) is 0 Å². The van der Waals surface area contributed by atoms with Crippen molar-refractivity contribution in [3.8, 4) is 11.4 Å². The molecule has 1 aromatic carbocycles. The normalized spacial score (nSPS) is 11.1. The van der Waals surface area contributed by atoms with E-state index in [9.17, 15) is 0 Å². The van der Waals surface area contributed by atoms with Gasteiger partial charge in [-0.1, -0.05) is 23.7 Å². The minimum absolute atomic E-state index is 0.376. The van der Waals surface area contributed by atoms with Gasteiger partial charge in [0.05, 0.1) is 5.69 Å². The molecule has 21 heavy (non-hydrogen) atoms. The van der Waals surface area contributed by atoms with Gasteiger partial charge >= 0.3 is 0 Å². The van der Waals surface area contributed by atoms with Gasteiger partial charge in [0, 0.05) is 31.0 Å². The Morgan fingerprint density at radius 2 is 1.90 bits per heavy atom. The molecular formula is C15H16ClN5. The van der Waals surface area contributed by atoms with Crippen LogP contribution in [0, 0.1) is 13.8 Å². The minimum atomic E-state index is 0.376. The molecule has 0 spiro atoms. The fourth-order valence-electron chi connectivity index (χ4n) is 2.29. The second-order valence-corrected chi connectivity index (χ2v) is 5.56. The zero-order valence-electron chi connectivity index (χ0n) is 12.4. The number of hydrogen-bond donors (Lipinski definition) is 0. The lowest BCUT2D eigenvalue weighted by atomic mass is 10.2. The second-order valence-electron chi connectivity index (χ2n) is 5.20. The van der Waals surface area contributed by atoms with Crippen molar-refractivity contribution < 1.29 is 0 Å². The molecule has 2 aromatic heterocycles. The van der Waals surface area contributed by atoms with Crippen LogP contribution in [0.25, 0.3) is 17.0 Å². The number of anilines is 1. The molecule has 0 saturated heterocycles. The lowest BCUT2D eigenvalue weighted by molar-refractivity contribution is 0.999. The van der Waals surface area contributed by atoms with Gasteiger partial charge in [-0.15, -0.1) is 10.2 Å². The largest absolute Gasteiger partial charge is 0.378 e.